The summed E-state index contributed by atoms with van der Waals surface area (Å²) in [6, 6.07) is 8.83. The van der Waals surface area contributed by atoms with Crippen molar-refractivity contribution in [2.45, 2.75) is 19.9 Å². The third-order valence-electron chi connectivity index (χ3n) is 3.71. The number of carbonyl (C=O) groups excluding carboxylic acids is 3. The standard InChI is InChI=1S/C19H21NO6/c1-12(2)17(20-18(22)16-9-6-10-25-16)19(23)26-11-14(21)13-7-4-5-8-15(13)24-3/h4-10,12,17H,11H2,1-3H3,(H,20,22)/t17-/m0/s1. The van der Waals surface area contributed by atoms with Crippen LogP contribution < -0.4 is 10.1 Å². The average Bonchev–Trinajstić information content (AvgIpc) is 3.18. The number of hydrogen-bond acceptors (Lipinski definition) is 6. The van der Waals surface area contributed by atoms with Crippen LogP contribution in [0.2, 0.25) is 0 Å². The molecule has 2 rings (SSSR count). The van der Waals surface area contributed by atoms with Crippen molar-refractivity contribution in [2.75, 3.05) is 13.7 Å². The van der Waals surface area contributed by atoms with E-state index < -0.39 is 30.3 Å². The lowest BCUT2D eigenvalue weighted by Gasteiger charge is -2.20. The molecule has 0 fully saturated rings. The summed E-state index contributed by atoms with van der Waals surface area (Å²) in [7, 11) is 1.46. The van der Waals surface area contributed by atoms with Crippen LogP contribution in [0.4, 0.5) is 0 Å². The Morgan fingerprint density at radius 1 is 1.12 bits per heavy atom. The summed E-state index contributed by atoms with van der Waals surface area (Å²) in [6.45, 7) is 3.08. The van der Waals surface area contributed by atoms with Gasteiger partial charge in [-0.3, -0.25) is 9.59 Å². The lowest BCUT2D eigenvalue weighted by Crippen LogP contribution is -2.45. The monoisotopic (exact) mass is 359 g/mol. The quantitative estimate of drug-likeness (QED) is 0.575. The van der Waals surface area contributed by atoms with E-state index in [1.807, 2.05) is 0 Å². The van der Waals surface area contributed by atoms with Crippen LogP contribution in [0.1, 0.15) is 34.8 Å². The minimum atomic E-state index is -0.905. The van der Waals surface area contributed by atoms with E-state index in [0.29, 0.717) is 11.3 Å². The second-order valence-electron chi connectivity index (χ2n) is 5.90. The van der Waals surface area contributed by atoms with Crippen LogP contribution in [0.15, 0.2) is 47.1 Å². The fourth-order valence-corrected chi connectivity index (χ4v) is 2.30. The van der Waals surface area contributed by atoms with Crippen LogP contribution in [-0.4, -0.2) is 37.4 Å². The summed E-state index contributed by atoms with van der Waals surface area (Å²) in [5.41, 5.74) is 0.323. The van der Waals surface area contributed by atoms with E-state index in [0.717, 1.165) is 0 Å². The number of ether oxygens (including phenoxy) is 2. The van der Waals surface area contributed by atoms with Crippen molar-refractivity contribution >= 4 is 17.7 Å². The molecule has 26 heavy (non-hydrogen) atoms. The molecule has 1 aromatic heterocycles. The predicted molar refractivity (Wildman–Crippen MR) is 93.1 cm³/mol. The number of carbonyl (C=O) groups is 3. The zero-order valence-electron chi connectivity index (χ0n) is 14.9. The Bertz CT molecular complexity index is 766. The van der Waals surface area contributed by atoms with Gasteiger partial charge in [-0.25, -0.2) is 4.79 Å². The number of hydrogen-bond donors (Lipinski definition) is 1. The Labute approximate surface area is 151 Å². The molecule has 1 N–H and O–H groups in total. The van der Waals surface area contributed by atoms with E-state index in [1.54, 1.807) is 44.2 Å². The summed E-state index contributed by atoms with van der Waals surface area (Å²) in [5.74, 6) is -1.35. The first-order chi connectivity index (χ1) is 12.4. The van der Waals surface area contributed by atoms with E-state index in [4.69, 9.17) is 13.9 Å². The van der Waals surface area contributed by atoms with Gasteiger partial charge in [0.25, 0.3) is 5.91 Å². The average molecular weight is 359 g/mol. The van der Waals surface area contributed by atoms with Crippen LogP contribution >= 0.6 is 0 Å². The summed E-state index contributed by atoms with van der Waals surface area (Å²) in [6.07, 6.45) is 1.36. The van der Waals surface area contributed by atoms with E-state index >= 15 is 0 Å². The number of methoxy groups -OCH3 is 1. The van der Waals surface area contributed by atoms with Crippen molar-refractivity contribution in [3.05, 3.63) is 54.0 Å². The molecule has 1 atom stereocenters. The lowest BCUT2D eigenvalue weighted by molar-refractivity contribution is -0.145. The largest absolute Gasteiger partial charge is 0.496 e. The second kappa shape index (κ2) is 8.84. The first-order valence-electron chi connectivity index (χ1n) is 8.11. The molecule has 0 saturated carbocycles. The maximum Gasteiger partial charge on any atom is 0.329 e. The maximum absolute atomic E-state index is 12.3. The van der Waals surface area contributed by atoms with Crippen LogP contribution in [0, 0.1) is 5.92 Å². The summed E-state index contributed by atoms with van der Waals surface area (Å²) in [5, 5.41) is 2.56. The molecular formula is C19H21NO6. The van der Waals surface area contributed by atoms with Crippen molar-refractivity contribution < 1.29 is 28.3 Å². The van der Waals surface area contributed by atoms with Crippen molar-refractivity contribution in [1.82, 2.24) is 5.32 Å². The Hall–Kier alpha value is -3.09. The molecule has 7 heteroatoms. The van der Waals surface area contributed by atoms with Gasteiger partial charge in [-0.05, 0) is 30.2 Å². The molecule has 0 aliphatic carbocycles. The molecule has 0 radical (unpaired) electrons. The third kappa shape index (κ3) is 4.72. The SMILES string of the molecule is COc1ccccc1C(=O)COC(=O)[C@@H](NC(=O)c1ccco1)C(C)C. The van der Waals surface area contributed by atoms with E-state index in [2.05, 4.69) is 5.32 Å². The van der Waals surface area contributed by atoms with Crippen LogP contribution in [-0.2, 0) is 9.53 Å². The number of para-hydroxylation sites is 1. The Morgan fingerprint density at radius 2 is 1.85 bits per heavy atom. The molecular weight excluding hydrogens is 338 g/mol. The highest BCUT2D eigenvalue weighted by Gasteiger charge is 2.28. The summed E-state index contributed by atoms with van der Waals surface area (Å²) >= 11 is 0. The van der Waals surface area contributed by atoms with Gasteiger partial charge < -0.3 is 19.2 Å². The normalized spacial score (nSPS) is 11.7. The van der Waals surface area contributed by atoms with Gasteiger partial charge in [0.15, 0.2) is 12.4 Å². The Morgan fingerprint density at radius 3 is 2.46 bits per heavy atom. The first kappa shape index (κ1) is 19.2. The smallest absolute Gasteiger partial charge is 0.329 e. The van der Waals surface area contributed by atoms with Crippen molar-refractivity contribution in [3.63, 3.8) is 0 Å². The molecule has 1 aromatic carbocycles. The van der Waals surface area contributed by atoms with Gasteiger partial charge in [-0.15, -0.1) is 0 Å². The van der Waals surface area contributed by atoms with Gasteiger partial charge in [-0.1, -0.05) is 26.0 Å². The molecule has 2 aromatic rings. The molecule has 0 aliphatic rings. The fraction of sp³-hybridized carbons (Fsp3) is 0.316. The number of furan rings is 1. The zero-order chi connectivity index (χ0) is 19.1. The molecule has 0 unspecified atom stereocenters. The summed E-state index contributed by atoms with van der Waals surface area (Å²) < 4.78 is 15.2. The molecule has 0 aliphatic heterocycles. The van der Waals surface area contributed by atoms with Gasteiger partial charge >= 0.3 is 5.97 Å². The van der Waals surface area contributed by atoms with Gasteiger partial charge in [0.05, 0.1) is 18.9 Å². The highest BCUT2D eigenvalue weighted by Crippen LogP contribution is 2.18. The number of amides is 1. The molecule has 0 bridgehead atoms. The number of ketones is 1. The second-order valence-corrected chi connectivity index (χ2v) is 5.90. The van der Waals surface area contributed by atoms with Crippen molar-refractivity contribution in [1.29, 1.82) is 0 Å². The van der Waals surface area contributed by atoms with Crippen LogP contribution in [0.25, 0.3) is 0 Å². The maximum atomic E-state index is 12.3. The highest BCUT2D eigenvalue weighted by atomic mass is 16.5. The van der Waals surface area contributed by atoms with E-state index in [9.17, 15) is 14.4 Å². The predicted octanol–water partition coefficient (Wildman–Crippen LogP) is 2.47. The number of rotatable bonds is 8. The number of nitrogens with one attached hydrogen (secondary N) is 1. The van der Waals surface area contributed by atoms with Gasteiger partial charge in [0.1, 0.15) is 11.8 Å². The Kier molecular flexibility index (Phi) is 6.54. The molecule has 0 spiro atoms. The number of esters is 1. The third-order valence-corrected chi connectivity index (χ3v) is 3.71. The molecule has 7 nitrogen and oxygen atoms in total. The van der Waals surface area contributed by atoms with Crippen LogP contribution in [0.3, 0.4) is 0 Å². The van der Waals surface area contributed by atoms with Gasteiger partial charge in [-0.2, -0.15) is 0 Å². The molecule has 1 amide bonds. The minimum absolute atomic E-state index is 0.0912. The van der Waals surface area contributed by atoms with E-state index in [-0.39, 0.29) is 11.7 Å². The summed E-state index contributed by atoms with van der Waals surface area (Å²) in [4.78, 5) is 36.7. The fourth-order valence-electron chi connectivity index (χ4n) is 2.30. The molecule has 138 valence electrons. The van der Waals surface area contributed by atoms with Crippen LogP contribution in [0.5, 0.6) is 5.75 Å². The van der Waals surface area contributed by atoms with Gasteiger partial charge in [0, 0.05) is 0 Å². The lowest BCUT2D eigenvalue weighted by atomic mass is 10.0. The van der Waals surface area contributed by atoms with E-state index in [1.165, 1.54) is 19.4 Å². The number of benzene rings is 1. The Balaban J connectivity index is 1.99. The zero-order valence-corrected chi connectivity index (χ0v) is 14.9. The topological polar surface area (TPSA) is 94.8 Å². The van der Waals surface area contributed by atoms with Gasteiger partial charge in [0.2, 0.25) is 5.78 Å². The van der Waals surface area contributed by atoms with Crippen molar-refractivity contribution in [2.24, 2.45) is 5.92 Å². The minimum Gasteiger partial charge on any atom is -0.496 e. The van der Waals surface area contributed by atoms with Crippen molar-refractivity contribution in [3.8, 4) is 5.75 Å². The highest BCUT2D eigenvalue weighted by molar-refractivity contribution is 6.01. The number of Topliss-reactive ketones (excluding diaryl/α,β-unsaturated/α-hetero) is 1. The first-order valence-corrected chi connectivity index (χ1v) is 8.11. The molecule has 1 heterocycles. The molecule has 0 saturated heterocycles.